The first-order chi connectivity index (χ1) is 7.26. The van der Waals surface area contributed by atoms with Crippen molar-refractivity contribution in [1.82, 2.24) is 4.90 Å². The van der Waals surface area contributed by atoms with Crippen LogP contribution in [0.4, 0.5) is 0 Å². The molecule has 0 spiro atoms. The molecule has 15 heavy (non-hydrogen) atoms. The Hall–Kier alpha value is -1.69. The highest BCUT2D eigenvalue weighted by Gasteiger charge is 2.22. The van der Waals surface area contributed by atoms with E-state index in [9.17, 15) is 0 Å². The number of fused-ring (bicyclic) bond motifs is 1. The second-order valence-electron chi connectivity index (χ2n) is 3.78. The molecule has 3 nitrogen and oxygen atoms in total. The van der Waals surface area contributed by atoms with Gasteiger partial charge in [0.05, 0.1) is 13.2 Å². The third-order valence-corrected chi connectivity index (χ3v) is 3.02. The quantitative estimate of drug-likeness (QED) is 0.654. The molecule has 0 saturated carbocycles. The Bertz CT molecular complexity index is 409. The second kappa shape index (κ2) is 3.82. The molecule has 0 fully saturated rings. The number of rotatable bonds is 1. The van der Waals surface area contributed by atoms with E-state index < -0.39 is 0 Å². The van der Waals surface area contributed by atoms with Crippen molar-refractivity contribution in [3.8, 4) is 11.9 Å². The number of ether oxygens (including phenoxy) is 1. The second-order valence-corrected chi connectivity index (χ2v) is 3.78. The summed E-state index contributed by atoms with van der Waals surface area (Å²) in [4.78, 5) is 1.81. The molecule has 1 aromatic carbocycles. The minimum Gasteiger partial charge on any atom is -0.497 e. The van der Waals surface area contributed by atoms with E-state index in [2.05, 4.69) is 25.2 Å². The molecule has 1 aliphatic heterocycles. The zero-order chi connectivity index (χ0) is 10.8. The molecular weight excluding hydrogens is 188 g/mol. The van der Waals surface area contributed by atoms with Crippen molar-refractivity contribution in [2.45, 2.75) is 19.4 Å². The maximum absolute atomic E-state index is 8.94. The fraction of sp³-hybridized carbons (Fsp3) is 0.417. The van der Waals surface area contributed by atoms with Gasteiger partial charge in [-0.25, -0.2) is 0 Å². The first kappa shape index (κ1) is 9.85. The van der Waals surface area contributed by atoms with Crippen molar-refractivity contribution in [3.63, 3.8) is 0 Å². The molecule has 0 aliphatic carbocycles. The zero-order valence-corrected chi connectivity index (χ0v) is 9.03. The third-order valence-electron chi connectivity index (χ3n) is 3.02. The number of methoxy groups -OCH3 is 1. The van der Waals surface area contributed by atoms with E-state index in [1.807, 2.05) is 11.0 Å². The van der Waals surface area contributed by atoms with E-state index in [0.717, 1.165) is 18.7 Å². The van der Waals surface area contributed by atoms with E-state index in [0.29, 0.717) is 0 Å². The van der Waals surface area contributed by atoms with E-state index in [1.54, 1.807) is 7.11 Å². The van der Waals surface area contributed by atoms with Gasteiger partial charge in [-0.1, -0.05) is 6.07 Å². The molecule has 1 aromatic rings. The van der Waals surface area contributed by atoms with E-state index in [4.69, 9.17) is 10.00 Å². The number of nitriles is 1. The molecule has 3 heteroatoms. The Morgan fingerprint density at radius 1 is 1.53 bits per heavy atom. The van der Waals surface area contributed by atoms with Gasteiger partial charge >= 0.3 is 0 Å². The fourth-order valence-electron chi connectivity index (χ4n) is 2.07. The smallest absolute Gasteiger partial charge is 0.179 e. The summed E-state index contributed by atoms with van der Waals surface area (Å²) < 4.78 is 5.19. The Kier molecular flexibility index (Phi) is 2.51. The van der Waals surface area contributed by atoms with E-state index in [-0.39, 0.29) is 6.04 Å². The Morgan fingerprint density at radius 3 is 3.00 bits per heavy atom. The summed E-state index contributed by atoms with van der Waals surface area (Å²) in [7, 11) is 1.68. The minimum atomic E-state index is 0.185. The normalized spacial score (nSPS) is 19.3. The monoisotopic (exact) mass is 202 g/mol. The lowest BCUT2D eigenvalue weighted by Crippen LogP contribution is -2.29. The number of benzene rings is 1. The van der Waals surface area contributed by atoms with Crippen molar-refractivity contribution in [2.75, 3.05) is 13.7 Å². The van der Waals surface area contributed by atoms with Gasteiger partial charge in [-0.15, -0.1) is 0 Å². The summed E-state index contributed by atoms with van der Waals surface area (Å²) in [6.45, 7) is 2.87. The molecule has 2 rings (SSSR count). The van der Waals surface area contributed by atoms with Crippen LogP contribution in [0.1, 0.15) is 24.1 Å². The predicted octanol–water partition coefficient (Wildman–Crippen LogP) is 2.10. The highest BCUT2D eigenvalue weighted by molar-refractivity contribution is 5.39. The van der Waals surface area contributed by atoms with Crippen LogP contribution < -0.4 is 4.74 Å². The van der Waals surface area contributed by atoms with Crippen LogP contribution >= 0.6 is 0 Å². The first-order valence-corrected chi connectivity index (χ1v) is 5.09. The van der Waals surface area contributed by atoms with E-state index >= 15 is 0 Å². The van der Waals surface area contributed by atoms with Crippen LogP contribution in [0.2, 0.25) is 0 Å². The predicted molar refractivity (Wildman–Crippen MR) is 57.4 cm³/mol. The van der Waals surface area contributed by atoms with Gasteiger partial charge in [0.1, 0.15) is 5.75 Å². The van der Waals surface area contributed by atoms with Crippen molar-refractivity contribution in [3.05, 3.63) is 29.3 Å². The first-order valence-electron chi connectivity index (χ1n) is 5.09. The van der Waals surface area contributed by atoms with Gasteiger partial charge in [0.25, 0.3) is 0 Å². The molecule has 1 heterocycles. The minimum absolute atomic E-state index is 0.185. The standard InChI is InChI=1S/C12H14N2O/c1-9-12-4-3-11(15-2)7-10(12)5-6-14(9)8-13/h3-4,7,9H,5-6H2,1-2H3. The largest absolute Gasteiger partial charge is 0.497 e. The van der Waals surface area contributed by atoms with Crippen molar-refractivity contribution in [1.29, 1.82) is 5.26 Å². The molecular formula is C12H14N2O. The molecule has 0 N–H and O–H groups in total. The molecule has 0 amide bonds. The molecule has 1 atom stereocenters. The summed E-state index contributed by atoms with van der Waals surface area (Å²) in [5.41, 5.74) is 2.54. The average molecular weight is 202 g/mol. The maximum atomic E-state index is 8.94. The topological polar surface area (TPSA) is 36.3 Å². The van der Waals surface area contributed by atoms with Gasteiger partial charge in [-0.05, 0) is 36.6 Å². The third kappa shape index (κ3) is 1.63. The maximum Gasteiger partial charge on any atom is 0.179 e. The molecule has 1 aliphatic rings. The highest BCUT2D eigenvalue weighted by atomic mass is 16.5. The van der Waals surface area contributed by atoms with Gasteiger partial charge in [-0.3, -0.25) is 0 Å². The zero-order valence-electron chi connectivity index (χ0n) is 9.03. The number of nitrogens with zero attached hydrogens (tertiary/aromatic N) is 2. The van der Waals surface area contributed by atoms with Crippen LogP contribution in [0.3, 0.4) is 0 Å². The Labute approximate surface area is 89.9 Å². The average Bonchev–Trinajstić information content (AvgIpc) is 2.29. The fourth-order valence-corrected chi connectivity index (χ4v) is 2.07. The van der Waals surface area contributed by atoms with Crippen LogP contribution in [0, 0.1) is 11.5 Å². The summed E-state index contributed by atoms with van der Waals surface area (Å²) in [6.07, 6.45) is 3.15. The Balaban J connectivity index is 2.38. The SMILES string of the molecule is COc1ccc2c(c1)CCN(C#N)C2C. The van der Waals surface area contributed by atoms with Gasteiger partial charge in [0.15, 0.2) is 6.19 Å². The molecule has 78 valence electrons. The van der Waals surface area contributed by atoms with Crippen molar-refractivity contribution >= 4 is 0 Å². The molecule has 1 unspecified atom stereocenters. The van der Waals surface area contributed by atoms with Crippen LogP contribution in [0.5, 0.6) is 5.75 Å². The molecule has 0 saturated heterocycles. The van der Waals surface area contributed by atoms with Crippen LogP contribution in [0.15, 0.2) is 18.2 Å². The van der Waals surface area contributed by atoms with E-state index in [1.165, 1.54) is 11.1 Å². The van der Waals surface area contributed by atoms with Crippen LogP contribution in [0.25, 0.3) is 0 Å². The van der Waals surface area contributed by atoms with Crippen LogP contribution in [-0.2, 0) is 6.42 Å². The molecule has 0 bridgehead atoms. The number of hydrogen-bond acceptors (Lipinski definition) is 3. The lowest BCUT2D eigenvalue weighted by molar-refractivity contribution is 0.295. The number of hydrogen-bond donors (Lipinski definition) is 0. The summed E-state index contributed by atoms with van der Waals surface area (Å²) >= 11 is 0. The van der Waals surface area contributed by atoms with Gasteiger partial charge in [0, 0.05) is 6.54 Å². The molecule has 0 radical (unpaired) electrons. The lowest BCUT2D eigenvalue weighted by atomic mass is 9.94. The van der Waals surface area contributed by atoms with Gasteiger partial charge in [0.2, 0.25) is 0 Å². The van der Waals surface area contributed by atoms with Crippen molar-refractivity contribution < 1.29 is 4.74 Å². The summed E-state index contributed by atoms with van der Waals surface area (Å²) in [5.74, 6) is 0.895. The highest BCUT2D eigenvalue weighted by Crippen LogP contribution is 2.30. The summed E-state index contributed by atoms with van der Waals surface area (Å²) in [5, 5.41) is 8.94. The van der Waals surface area contributed by atoms with Crippen LogP contribution in [-0.4, -0.2) is 18.6 Å². The summed E-state index contributed by atoms with van der Waals surface area (Å²) in [6, 6.07) is 6.27. The Morgan fingerprint density at radius 2 is 2.33 bits per heavy atom. The molecule has 0 aromatic heterocycles. The lowest BCUT2D eigenvalue weighted by Gasteiger charge is -2.31. The van der Waals surface area contributed by atoms with Gasteiger partial charge < -0.3 is 9.64 Å². The van der Waals surface area contributed by atoms with Crippen molar-refractivity contribution in [2.24, 2.45) is 0 Å². The van der Waals surface area contributed by atoms with Gasteiger partial charge in [-0.2, -0.15) is 5.26 Å².